The number of ketones is 1. The van der Waals surface area contributed by atoms with Crippen LogP contribution in [-0.2, 0) is 0 Å². The van der Waals surface area contributed by atoms with Gasteiger partial charge in [-0.15, -0.1) is 5.10 Å². The first-order valence-corrected chi connectivity index (χ1v) is 8.76. The van der Waals surface area contributed by atoms with Gasteiger partial charge in [0.25, 0.3) is 0 Å². The number of phenolic OH excluding ortho intramolecular Hbond substituents is 1. The van der Waals surface area contributed by atoms with E-state index < -0.39 is 0 Å². The molecule has 0 aliphatic rings. The molecule has 0 radical (unpaired) electrons. The maximum atomic E-state index is 12.5. The molecule has 0 bridgehead atoms. The summed E-state index contributed by atoms with van der Waals surface area (Å²) in [5.74, 6) is 0.174. The Morgan fingerprint density at radius 3 is 2.50 bits per heavy atom. The maximum absolute atomic E-state index is 12.5. The number of hydrogen-bond acceptors (Lipinski definition) is 6. The molecule has 122 valence electrons. The van der Waals surface area contributed by atoms with E-state index in [-0.39, 0.29) is 16.8 Å². The van der Waals surface area contributed by atoms with E-state index in [1.54, 1.807) is 36.4 Å². The van der Waals surface area contributed by atoms with Gasteiger partial charge in [0.2, 0.25) is 5.16 Å². The Labute approximate surface area is 151 Å². The summed E-state index contributed by atoms with van der Waals surface area (Å²) in [5, 5.41) is 21.2. The third kappa shape index (κ3) is 3.65. The molecule has 0 amide bonds. The third-order valence-corrected chi connectivity index (χ3v) is 4.88. The molecule has 2 aromatic carbocycles. The van der Waals surface area contributed by atoms with Crippen LogP contribution in [0, 0.1) is 0 Å². The van der Waals surface area contributed by atoms with Gasteiger partial charge in [-0.05, 0) is 53.7 Å². The molecule has 6 nitrogen and oxygen atoms in total. The van der Waals surface area contributed by atoms with Crippen LogP contribution in [0.2, 0.25) is 0 Å². The number of phenols is 1. The lowest BCUT2D eigenvalue weighted by atomic mass is 10.1. The predicted octanol–water partition coefficient (Wildman–Crippen LogP) is 3.49. The van der Waals surface area contributed by atoms with Crippen LogP contribution < -0.4 is 0 Å². The number of rotatable bonds is 5. The highest BCUT2D eigenvalue weighted by Gasteiger charge is 2.20. The van der Waals surface area contributed by atoms with Gasteiger partial charge >= 0.3 is 0 Å². The molecule has 1 atom stereocenters. The van der Waals surface area contributed by atoms with Gasteiger partial charge in [-0.3, -0.25) is 4.79 Å². The largest absolute Gasteiger partial charge is 0.508 e. The van der Waals surface area contributed by atoms with Crippen molar-refractivity contribution >= 4 is 33.5 Å². The lowest BCUT2D eigenvalue weighted by molar-refractivity contribution is 0.0994. The molecule has 1 aromatic heterocycles. The maximum Gasteiger partial charge on any atom is 0.214 e. The van der Waals surface area contributed by atoms with Crippen molar-refractivity contribution in [3.63, 3.8) is 0 Å². The smallest absolute Gasteiger partial charge is 0.214 e. The molecule has 24 heavy (non-hydrogen) atoms. The van der Waals surface area contributed by atoms with Crippen molar-refractivity contribution in [3.05, 3.63) is 58.6 Å². The first-order chi connectivity index (χ1) is 11.5. The first kappa shape index (κ1) is 16.7. The van der Waals surface area contributed by atoms with Crippen LogP contribution in [0.4, 0.5) is 0 Å². The van der Waals surface area contributed by atoms with Crippen molar-refractivity contribution in [2.45, 2.75) is 17.3 Å². The first-order valence-electron chi connectivity index (χ1n) is 7.09. The Kier molecular flexibility index (Phi) is 4.96. The van der Waals surface area contributed by atoms with Gasteiger partial charge in [0.05, 0.1) is 10.9 Å². The second kappa shape index (κ2) is 7.14. The van der Waals surface area contributed by atoms with Crippen molar-refractivity contribution in [2.75, 3.05) is 0 Å². The van der Waals surface area contributed by atoms with E-state index in [0.29, 0.717) is 16.4 Å². The van der Waals surface area contributed by atoms with Crippen molar-refractivity contribution in [2.24, 2.45) is 0 Å². The van der Waals surface area contributed by atoms with E-state index in [1.165, 1.54) is 16.4 Å². The molecule has 0 spiro atoms. The average Bonchev–Trinajstić information content (AvgIpc) is 3.03. The predicted molar refractivity (Wildman–Crippen MR) is 94.6 cm³/mol. The molecule has 1 heterocycles. The number of halogens is 1. The number of benzene rings is 2. The summed E-state index contributed by atoms with van der Waals surface area (Å²) in [7, 11) is 0. The van der Waals surface area contributed by atoms with E-state index in [0.717, 1.165) is 4.47 Å². The summed E-state index contributed by atoms with van der Waals surface area (Å²) in [6, 6.07) is 13.8. The van der Waals surface area contributed by atoms with Gasteiger partial charge in [-0.25, -0.2) is 0 Å². The lowest BCUT2D eigenvalue weighted by Gasteiger charge is -2.10. The van der Waals surface area contributed by atoms with Crippen molar-refractivity contribution < 1.29 is 9.90 Å². The van der Waals surface area contributed by atoms with E-state index in [1.807, 2.05) is 19.1 Å². The molecule has 8 heteroatoms. The highest BCUT2D eigenvalue weighted by atomic mass is 79.9. The highest BCUT2D eigenvalue weighted by Crippen LogP contribution is 2.26. The number of Topliss-reactive ketones (excluding diaryl/α,β-unsaturated/α-hetero) is 1. The summed E-state index contributed by atoms with van der Waals surface area (Å²) >= 11 is 4.64. The van der Waals surface area contributed by atoms with E-state index in [9.17, 15) is 9.90 Å². The van der Waals surface area contributed by atoms with Crippen LogP contribution in [0.3, 0.4) is 0 Å². The summed E-state index contributed by atoms with van der Waals surface area (Å²) < 4.78 is 2.46. The molecular weight excluding hydrogens is 392 g/mol. The van der Waals surface area contributed by atoms with E-state index in [2.05, 4.69) is 31.5 Å². The van der Waals surface area contributed by atoms with Crippen LogP contribution in [-0.4, -0.2) is 36.3 Å². The number of thioether (sulfide) groups is 1. The minimum absolute atomic E-state index is 0.00718. The Balaban J connectivity index is 1.79. The third-order valence-electron chi connectivity index (χ3n) is 3.32. The SMILES string of the molecule is CC(Sc1nnnn1-c1ccc(O)cc1)C(=O)c1ccc(Br)cc1. The van der Waals surface area contributed by atoms with Crippen LogP contribution in [0.15, 0.2) is 58.2 Å². The second-order valence-electron chi connectivity index (χ2n) is 5.02. The molecule has 0 fully saturated rings. The van der Waals surface area contributed by atoms with Gasteiger partial charge in [0, 0.05) is 10.0 Å². The van der Waals surface area contributed by atoms with Gasteiger partial charge in [0.1, 0.15) is 5.75 Å². The second-order valence-corrected chi connectivity index (χ2v) is 7.24. The standard InChI is InChI=1S/C16H13BrN4O2S/c1-10(15(23)11-2-4-12(17)5-3-11)24-16-18-19-20-21(16)13-6-8-14(22)9-7-13/h2-10,22H,1H3. The molecule has 0 aliphatic carbocycles. The zero-order valence-corrected chi connectivity index (χ0v) is 15.0. The Morgan fingerprint density at radius 1 is 1.17 bits per heavy atom. The van der Waals surface area contributed by atoms with Crippen molar-refractivity contribution in [3.8, 4) is 11.4 Å². The summed E-state index contributed by atoms with van der Waals surface area (Å²) in [5.41, 5.74) is 1.35. The van der Waals surface area contributed by atoms with Crippen molar-refractivity contribution in [1.29, 1.82) is 0 Å². The Hall–Kier alpha value is -2.19. The van der Waals surface area contributed by atoms with Crippen LogP contribution in [0.5, 0.6) is 5.75 Å². The fourth-order valence-corrected chi connectivity index (χ4v) is 3.22. The van der Waals surface area contributed by atoms with Gasteiger partial charge in [0.15, 0.2) is 5.78 Å². The van der Waals surface area contributed by atoms with Crippen LogP contribution in [0.1, 0.15) is 17.3 Å². The molecule has 0 saturated carbocycles. The number of aromatic hydroxyl groups is 1. The number of aromatic nitrogens is 4. The summed E-state index contributed by atoms with van der Waals surface area (Å²) in [6.07, 6.45) is 0. The van der Waals surface area contributed by atoms with Crippen LogP contribution in [0.25, 0.3) is 5.69 Å². The highest BCUT2D eigenvalue weighted by molar-refractivity contribution is 9.10. The molecule has 0 aliphatic heterocycles. The summed E-state index contributed by atoms with van der Waals surface area (Å²) in [4.78, 5) is 12.5. The quantitative estimate of drug-likeness (QED) is 0.517. The van der Waals surface area contributed by atoms with Gasteiger partial charge in [-0.2, -0.15) is 4.68 Å². The molecule has 3 rings (SSSR count). The van der Waals surface area contributed by atoms with Gasteiger partial charge in [-0.1, -0.05) is 39.8 Å². The Morgan fingerprint density at radius 2 is 1.83 bits per heavy atom. The van der Waals surface area contributed by atoms with Gasteiger partial charge < -0.3 is 5.11 Å². The minimum atomic E-state index is -0.340. The zero-order chi connectivity index (χ0) is 17.1. The number of tetrazole rings is 1. The zero-order valence-electron chi connectivity index (χ0n) is 12.6. The molecular formula is C16H13BrN4O2S. The topological polar surface area (TPSA) is 80.9 Å². The number of carbonyl (C=O) groups is 1. The molecule has 1 unspecified atom stereocenters. The minimum Gasteiger partial charge on any atom is -0.508 e. The monoisotopic (exact) mass is 404 g/mol. The molecule has 0 saturated heterocycles. The van der Waals surface area contributed by atoms with Crippen molar-refractivity contribution in [1.82, 2.24) is 20.2 Å². The lowest BCUT2D eigenvalue weighted by Crippen LogP contribution is -2.14. The fraction of sp³-hybridized carbons (Fsp3) is 0.125. The number of hydrogen-bond donors (Lipinski definition) is 1. The normalized spacial score (nSPS) is 12.1. The fourth-order valence-electron chi connectivity index (χ4n) is 2.07. The van der Waals surface area contributed by atoms with E-state index >= 15 is 0 Å². The molecule has 3 aromatic rings. The number of nitrogens with zero attached hydrogens (tertiary/aromatic N) is 4. The number of carbonyl (C=O) groups excluding carboxylic acids is 1. The van der Waals surface area contributed by atoms with E-state index in [4.69, 9.17) is 0 Å². The average molecular weight is 405 g/mol. The molecule has 1 N–H and O–H groups in total. The van der Waals surface area contributed by atoms with Crippen LogP contribution >= 0.6 is 27.7 Å². The summed E-state index contributed by atoms with van der Waals surface area (Å²) in [6.45, 7) is 1.82. The Bertz CT molecular complexity index is 849.